The van der Waals surface area contributed by atoms with Crippen molar-refractivity contribution in [3.05, 3.63) is 46.6 Å². The Hall–Kier alpha value is -1.39. The maximum absolute atomic E-state index is 5.90. The van der Waals surface area contributed by atoms with Crippen LogP contribution in [0.4, 0.5) is 0 Å². The number of hydrogen-bond donors (Lipinski definition) is 0. The van der Waals surface area contributed by atoms with Crippen LogP contribution in [0.3, 0.4) is 0 Å². The van der Waals surface area contributed by atoms with Gasteiger partial charge in [-0.15, -0.1) is 0 Å². The summed E-state index contributed by atoms with van der Waals surface area (Å²) < 4.78 is 5.38. The maximum atomic E-state index is 5.90. The summed E-state index contributed by atoms with van der Waals surface area (Å²) in [6.07, 6.45) is 2.38. The van der Waals surface area contributed by atoms with Crippen LogP contribution in [-0.4, -0.2) is 22.1 Å². The predicted molar refractivity (Wildman–Crippen MR) is 77.6 cm³/mol. The van der Waals surface area contributed by atoms with E-state index in [1.54, 1.807) is 0 Å². The molecule has 0 amide bonds. The van der Waals surface area contributed by atoms with Gasteiger partial charge in [0.05, 0.1) is 6.04 Å². The fourth-order valence-corrected chi connectivity index (χ4v) is 2.25. The Bertz CT molecular complexity index is 577. The topological polar surface area (TPSA) is 42.2 Å². The first-order valence-corrected chi connectivity index (χ1v) is 7.29. The van der Waals surface area contributed by atoms with Crippen LogP contribution in [0.2, 0.25) is 5.02 Å². The van der Waals surface area contributed by atoms with Crippen molar-refractivity contribution in [1.82, 2.24) is 15.0 Å². The van der Waals surface area contributed by atoms with Gasteiger partial charge in [-0.25, -0.2) is 0 Å². The van der Waals surface area contributed by atoms with E-state index in [9.17, 15) is 0 Å². The molecule has 0 saturated heterocycles. The van der Waals surface area contributed by atoms with E-state index in [0.717, 1.165) is 17.4 Å². The molecule has 1 aliphatic rings. The average molecular weight is 292 g/mol. The fourth-order valence-electron chi connectivity index (χ4n) is 2.13. The molecule has 4 nitrogen and oxygen atoms in total. The molecule has 1 aliphatic carbocycles. The predicted octanol–water partition coefficient (Wildman–Crippen LogP) is 3.79. The van der Waals surface area contributed by atoms with E-state index in [1.165, 1.54) is 18.4 Å². The quantitative estimate of drug-likeness (QED) is 0.840. The molecular formula is C15H18ClN3O. The van der Waals surface area contributed by atoms with E-state index in [-0.39, 0.29) is 6.04 Å². The molecule has 5 heteroatoms. The molecule has 1 aromatic carbocycles. The minimum atomic E-state index is 0.102. The van der Waals surface area contributed by atoms with Crippen LogP contribution < -0.4 is 0 Å². The van der Waals surface area contributed by atoms with Crippen molar-refractivity contribution in [1.29, 1.82) is 0 Å². The van der Waals surface area contributed by atoms with Gasteiger partial charge in [0.25, 0.3) is 0 Å². The van der Waals surface area contributed by atoms with E-state index >= 15 is 0 Å². The van der Waals surface area contributed by atoms with E-state index in [2.05, 4.69) is 29.0 Å². The molecule has 20 heavy (non-hydrogen) atoms. The van der Waals surface area contributed by atoms with Gasteiger partial charge in [0.2, 0.25) is 5.89 Å². The monoisotopic (exact) mass is 291 g/mol. The van der Waals surface area contributed by atoms with Crippen LogP contribution in [0.1, 0.15) is 49.0 Å². The van der Waals surface area contributed by atoms with Crippen molar-refractivity contribution in [2.75, 3.05) is 7.05 Å². The molecule has 0 aliphatic heterocycles. The highest BCUT2D eigenvalue weighted by Gasteiger charge is 2.30. The first-order chi connectivity index (χ1) is 9.63. The zero-order chi connectivity index (χ0) is 14.1. The van der Waals surface area contributed by atoms with Crippen LogP contribution in [0.25, 0.3) is 0 Å². The van der Waals surface area contributed by atoms with Crippen LogP contribution in [-0.2, 0) is 6.54 Å². The van der Waals surface area contributed by atoms with Gasteiger partial charge in [0.1, 0.15) is 0 Å². The number of aromatic nitrogens is 2. The maximum Gasteiger partial charge on any atom is 0.243 e. The summed E-state index contributed by atoms with van der Waals surface area (Å²) >= 11 is 5.90. The molecule has 106 valence electrons. The van der Waals surface area contributed by atoms with E-state index in [0.29, 0.717) is 11.8 Å². The average Bonchev–Trinajstić information content (AvgIpc) is 3.18. The van der Waals surface area contributed by atoms with Crippen LogP contribution in [0.15, 0.2) is 28.8 Å². The number of halogens is 1. The molecule has 1 aromatic heterocycles. The fraction of sp³-hybridized carbons (Fsp3) is 0.467. The smallest absolute Gasteiger partial charge is 0.243 e. The molecule has 1 heterocycles. The lowest BCUT2D eigenvalue weighted by molar-refractivity contribution is 0.202. The van der Waals surface area contributed by atoms with E-state index in [1.807, 2.05) is 24.3 Å². The lowest BCUT2D eigenvalue weighted by Gasteiger charge is -2.21. The molecule has 0 spiro atoms. The summed E-state index contributed by atoms with van der Waals surface area (Å²) in [5.74, 6) is 2.09. The normalized spacial score (nSPS) is 16.6. The molecule has 1 fully saturated rings. The molecular weight excluding hydrogens is 274 g/mol. The SMILES string of the molecule is C[C@H](c1nc(C2CC2)no1)N(C)Cc1ccc(Cl)cc1. The first-order valence-electron chi connectivity index (χ1n) is 6.91. The Morgan fingerprint density at radius 3 is 2.70 bits per heavy atom. The Kier molecular flexibility index (Phi) is 3.76. The second kappa shape index (κ2) is 5.54. The number of rotatable bonds is 5. The van der Waals surface area contributed by atoms with Crippen molar-refractivity contribution in [2.24, 2.45) is 0 Å². The zero-order valence-electron chi connectivity index (χ0n) is 11.7. The third kappa shape index (κ3) is 3.02. The van der Waals surface area contributed by atoms with Gasteiger partial charge in [-0.2, -0.15) is 4.98 Å². The molecule has 1 atom stereocenters. The molecule has 1 saturated carbocycles. The highest BCUT2D eigenvalue weighted by Crippen LogP contribution is 2.38. The van der Waals surface area contributed by atoms with Crippen LogP contribution in [0.5, 0.6) is 0 Å². The molecule has 0 bridgehead atoms. The highest BCUT2D eigenvalue weighted by atomic mass is 35.5. The van der Waals surface area contributed by atoms with E-state index < -0.39 is 0 Å². The van der Waals surface area contributed by atoms with Gasteiger partial charge in [-0.3, -0.25) is 4.90 Å². The standard InChI is InChI=1S/C15H18ClN3O/c1-10(15-17-14(18-20-15)12-5-6-12)19(2)9-11-3-7-13(16)8-4-11/h3-4,7-8,10,12H,5-6,9H2,1-2H3/t10-/m1/s1. The minimum absolute atomic E-state index is 0.102. The van der Waals surface area contributed by atoms with Crippen LogP contribution >= 0.6 is 11.6 Å². The molecule has 3 rings (SSSR count). The largest absolute Gasteiger partial charge is 0.338 e. The summed E-state index contributed by atoms with van der Waals surface area (Å²) in [7, 11) is 2.06. The summed E-state index contributed by atoms with van der Waals surface area (Å²) in [6.45, 7) is 2.90. The Morgan fingerprint density at radius 2 is 2.05 bits per heavy atom. The minimum Gasteiger partial charge on any atom is -0.338 e. The molecule has 0 unspecified atom stereocenters. The summed E-state index contributed by atoms with van der Waals surface area (Å²) in [6, 6.07) is 8.00. The van der Waals surface area contributed by atoms with Crippen LogP contribution in [0, 0.1) is 0 Å². The number of benzene rings is 1. The Balaban J connectivity index is 1.65. The summed E-state index contributed by atoms with van der Waals surface area (Å²) in [5, 5.41) is 4.83. The second-order valence-corrected chi connectivity index (χ2v) is 5.92. The Morgan fingerprint density at radius 1 is 1.35 bits per heavy atom. The summed E-state index contributed by atoms with van der Waals surface area (Å²) in [4.78, 5) is 6.70. The lowest BCUT2D eigenvalue weighted by Crippen LogP contribution is -2.22. The van der Waals surface area contributed by atoms with Crippen molar-refractivity contribution in [3.63, 3.8) is 0 Å². The molecule has 0 N–H and O–H groups in total. The van der Waals surface area contributed by atoms with Gasteiger partial charge in [-0.05, 0) is 44.5 Å². The molecule has 2 aromatic rings. The second-order valence-electron chi connectivity index (χ2n) is 5.48. The van der Waals surface area contributed by atoms with Gasteiger partial charge in [0, 0.05) is 17.5 Å². The lowest BCUT2D eigenvalue weighted by atomic mass is 10.2. The third-order valence-corrected chi connectivity index (χ3v) is 4.02. The van der Waals surface area contributed by atoms with Gasteiger partial charge in [0.15, 0.2) is 5.82 Å². The molecule has 0 radical (unpaired) electrons. The summed E-state index contributed by atoms with van der Waals surface area (Å²) in [5.41, 5.74) is 1.21. The number of hydrogen-bond acceptors (Lipinski definition) is 4. The van der Waals surface area contributed by atoms with Crippen molar-refractivity contribution in [3.8, 4) is 0 Å². The third-order valence-electron chi connectivity index (χ3n) is 3.76. The number of nitrogens with zero attached hydrogens (tertiary/aromatic N) is 3. The van der Waals surface area contributed by atoms with E-state index in [4.69, 9.17) is 16.1 Å². The van der Waals surface area contributed by atoms with Crippen molar-refractivity contribution in [2.45, 2.75) is 38.3 Å². The van der Waals surface area contributed by atoms with Crippen molar-refractivity contribution >= 4 is 11.6 Å². The Labute approximate surface area is 123 Å². The van der Waals surface area contributed by atoms with Gasteiger partial charge < -0.3 is 4.52 Å². The highest BCUT2D eigenvalue weighted by molar-refractivity contribution is 6.30. The van der Waals surface area contributed by atoms with Crippen molar-refractivity contribution < 1.29 is 4.52 Å². The van der Waals surface area contributed by atoms with Gasteiger partial charge in [-0.1, -0.05) is 28.9 Å². The first kappa shape index (κ1) is 13.6. The van der Waals surface area contributed by atoms with Gasteiger partial charge >= 0.3 is 0 Å². The zero-order valence-corrected chi connectivity index (χ0v) is 12.5.